The van der Waals surface area contributed by atoms with Crippen LogP contribution in [0, 0.1) is 0 Å². The fraction of sp³-hybridized carbons (Fsp3) is 0.610. The number of carbonyl (C=O) groups excluding carboxylic acids is 2. The Bertz CT molecular complexity index is 1410. The van der Waals surface area contributed by atoms with Gasteiger partial charge >= 0.3 is 12.1 Å². The fourth-order valence-corrected chi connectivity index (χ4v) is 9.20. The van der Waals surface area contributed by atoms with Gasteiger partial charge in [0, 0.05) is 12.1 Å². The van der Waals surface area contributed by atoms with Crippen molar-refractivity contribution in [1.82, 2.24) is 9.80 Å². The van der Waals surface area contributed by atoms with E-state index in [0.717, 1.165) is 81.1 Å². The molecule has 0 bridgehead atoms. The highest BCUT2D eigenvalue weighted by Crippen LogP contribution is 2.36. The summed E-state index contributed by atoms with van der Waals surface area (Å²) in [5.41, 5.74) is 4.22. The number of rotatable bonds is 8. The number of amides is 4. The van der Waals surface area contributed by atoms with Crippen LogP contribution in [-0.4, -0.2) is 57.9 Å². The zero-order valence-corrected chi connectivity index (χ0v) is 29.3. The second-order valence-corrected chi connectivity index (χ2v) is 15.5. The van der Waals surface area contributed by atoms with Gasteiger partial charge in [0.15, 0.2) is 0 Å². The molecule has 4 saturated carbocycles. The van der Waals surface area contributed by atoms with E-state index in [2.05, 4.69) is 48.5 Å². The van der Waals surface area contributed by atoms with E-state index in [1.165, 1.54) is 88.2 Å². The first kappa shape index (κ1) is 32.5. The van der Waals surface area contributed by atoms with Gasteiger partial charge in [-0.25, -0.2) is 29.4 Å². The van der Waals surface area contributed by atoms with Gasteiger partial charge < -0.3 is 0 Å². The summed E-state index contributed by atoms with van der Waals surface area (Å²) in [6, 6.07) is 18.3. The molecule has 6 aliphatic rings. The van der Waals surface area contributed by atoms with Gasteiger partial charge in [0.25, 0.3) is 0 Å². The average Bonchev–Trinajstić information content (AvgIpc) is 3.15. The summed E-state index contributed by atoms with van der Waals surface area (Å²) >= 11 is 0. The molecule has 2 aromatic rings. The number of aliphatic imine (C=N–C) groups is 2. The number of urea groups is 2. The van der Waals surface area contributed by atoms with E-state index in [1.807, 2.05) is 19.6 Å². The number of anilines is 2. The molecule has 8 nitrogen and oxygen atoms in total. The number of nitrogens with zero attached hydrogens (tertiary/aromatic N) is 6. The number of hydrogen-bond donors (Lipinski definition) is 0. The van der Waals surface area contributed by atoms with Crippen LogP contribution in [0.2, 0.25) is 0 Å². The number of benzene rings is 2. The molecule has 8 rings (SSSR count). The van der Waals surface area contributed by atoms with E-state index in [9.17, 15) is 9.59 Å². The third-order valence-electron chi connectivity index (χ3n) is 12.0. The predicted molar refractivity (Wildman–Crippen MR) is 197 cm³/mol. The maximum Gasteiger partial charge on any atom is 0.338 e. The Hall–Kier alpha value is -3.68. The molecule has 6 fully saturated rings. The Morgan fingerprint density at radius 1 is 0.449 bits per heavy atom. The minimum Gasteiger partial charge on any atom is -0.260 e. The molecule has 0 N–H and O–H groups in total. The van der Waals surface area contributed by atoms with Gasteiger partial charge in [-0.05, 0) is 93.2 Å². The molecule has 0 radical (unpaired) electrons. The standard InChI is InChI=1S/C41H54N6O2/c48-40-44(34-17-9-3-10-18-34)38(42-32-13-5-1-6-14-32)46(40)36-25-21-30(22-26-36)29-31-23-27-37(28-24-31)47-39(43-33-15-7-2-8-16-33)45(41(47)49)35-19-11-4-12-20-35/h21-28,32-35H,1-20,29H2/b42-38-,43-39-. The topological polar surface area (TPSA) is 71.8 Å². The summed E-state index contributed by atoms with van der Waals surface area (Å²) in [4.78, 5) is 45.4. The second-order valence-electron chi connectivity index (χ2n) is 15.5. The van der Waals surface area contributed by atoms with Gasteiger partial charge in [-0.2, -0.15) is 0 Å². The van der Waals surface area contributed by atoms with Crippen molar-refractivity contribution < 1.29 is 9.59 Å². The molecule has 260 valence electrons. The van der Waals surface area contributed by atoms with Gasteiger partial charge in [0.2, 0.25) is 11.9 Å². The van der Waals surface area contributed by atoms with Crippen LogP contribution in [0.5, 0.6) is 0 Å². The fourth-order valence-electron chi connectivity index (χ4n) is 9.20. The van der Waals surface area contributed by atoms with Crippen LogP contribution in [0.1, 0.15) is 140 Å². The van der Waals surface area contributed by atoms with E-state index in [-0.39, 0.29) is 12.1 Å². The summed E-state index contributed by atoms with van der Waals surface area (Å²) < 4.78 is 0. The molecule has 0 spiro atoms. The third-order valence-corrected chi connectivity index (χ3v) is 12.0. The van der Waals surface area contributed by atoms with Crippen LogP contribution in [0.4, 0.5) is 21.0 Å². The van der Waals surface area contributed by atoms with Gasteiger partial charge in [0.1, 0.15) is 0 Å². The van der Waals surface area contributed by atoms with Crippen LogP contribution in [0.3, 0.4) is 0 Å². The predicted octanol–water partition coefficient (Wildman–Crippen LogP) is 9.80. The smallest absolute Gasteiger partial charge is 0.260 e. The molecule has 2 aliphatic heterocycles. The summed E-state index contributed by atoms with van der Waals surface area (Å²) in [6.07, 6.45) is 24.5. The second kappa shape index (κ2) is 14.7. The summed E-state index contributed by atoms with van der Waals surface area (Å²) in [6.45, 7) is 0. The highest BCUT2D eigenvalue weighted by Gasteiger charge is 2.48. The zero-order chi connectivity index (χ0) is 33.2. The van der Waals surface area contributed by atoms with Crippen molar-refractivity contribution in [2.45, 2.75) is 159 Å². The molecule has 0 unspecified atom stereocenters. The molecular formula is C41H54N6O2. The maximum atomic E-state index is 13.6. The molecule has 4 aliphatic carbocycles. The lowest BCUT2D eigenvalue weighted by Gasteiger charge is -2.48. The van der Waals surface area contributed by atoms with Crippen molar-refractivity contribution in [2.24, 2.45) is 9.98 Å². The Labute approximate surface area is 292 Å². The molecular weight excluding hydrogens is 608 g/mol. The van der Waals surface area contributed by atoms with E-state index >= 15 is 0 Å². The van der Waals surface area contributed by atoms with Gasteiger partial charge in [-0.15, -0.1) is 0 Å². The largest absolute Gasteiger partial charge is 0.338 e. The zero-order valence-electron chi connectivity index (χ0n) is 29.3. The van der Waals surface area contributed by atoms with Crippen LogP contribution in [-0.2, 0) is 6.42 Å². The van der Waals surface area contributed by atoms with Gasteiger partial charge in [-0.3, -0.25) is 9.80 Å². The molecule has 0 aromatic heterocycles. The minimum absolute atomic E-state index is 0.0822. The lowest BCUT2D eigenvalue weighted by atomic mass is 9.93. The average molecular weight is 663 g/mol. The maximum absolute atomic E-state index is 13.6. The van der Waals surface area contributed by atoms with Crippen LogP contribution < -0.4 is 9.80 Å². The van der Waals surface area contributed by atoms with Crippen LogP contribution >= 0.6 is 0 Å². The first-order chi connectivity index (χ1) is 24.1. The van der Waals surface area contributed by atoms with Crippen molar-refractivity contribution in [1.29, 1.82) is 0 Å². The molecule has 8 heteroatoms. The van der Waals surface area contributed by atoms with Crippen LogP contribution in [0.25, 0.3) is 0 Å². The molecule has 2 aromatic carbocycles. The van der Waals surface area contributed by atoms with Gasteiger partial charge in [-0.1, -0.05) is 101 Å². The van der Waals surface area contributed by atoms with E-state index in [1.54, 1.807) is 0 Å². The normalized spacial score (nSPS) is 25.3. The van der Waals surface area contributed by atoms with Gasteiger partial charge in [0.05, 0.1) is 23.5 Å². The highest BCUT2D eigenvalue weighted by atomic mass is 16.2. The molecule has 0 atom stereocenters. The number of carbonyl (C=O) groups is 2. The SMILES string of the molecule is O=C1N(c2ccc(Cc3ccc(N4C(=O)N(C5CCCCC5)/C4=N/C4CCCCC4)cc3)cc2)/C(=N\C2CCCCC2)N1C1CCCCC1. The Balaban J connectivity index is 0.956. The Morgan fingerprint density at radius 3 is 1.12 bits per heavy atom. The van der Waals surface area contributed by atoms with Crippen molar-refractivity contribution in [2.75, 3.05) is 9.80 Å². The molecule has 4 amide bonds. The summed E-state index contributed by atoms with van der Waals surface area (Å²) in [5, 5.41) is 0. The van der Waals surface area contributed by atoms with Crippen molar-refractivity contribution >= 4 is 35.4 Å². The lowest BCUT2D eigenvalue weighted by Crippen LogP contribution is -2.68. The van der Waals surface area contributed by atoms with E-state index in [0.29, 0.717) is 24.2 Å². The Morgan fingerprint density at radius 2 is 0.776 bits per heavy atom. The van der Waals surface area contributed by atoms with E-state index in [4.69, 9.17) is 9.98 Å². The van der Waals surface area contributed by atoms with Crippen molar-refractivity contribution in [3.8, 4) is 0 Å². The first-order valence-corrected chi connectivity index (χ1v) is 19.7. The molecule has 2 saturated heterocycles. The van der Waals surface area contributed by atoms with Crippen molar-refractivity contribution in [3.63, 3.8) is 0 Å². The third kappa shape index (κ3) is 6.77. The number of hydrogen-bond acceptors (Lipinski definition) is 4. The monoisotopic (exact) mass is 662 g/mol. The Kier molecular flexibility index (Phi) is 9.73. The molecule has 49 heavy (non-hydrogen) atoms. The quantitative estimate of drug-likeness (QED) is 0.282. The van der Waals surface area contributed by atoms with E-state index < -0.39 is 0 Å². The first-order valence-electron chi connectivity index (χ1n) is 19.7. The summed E-state index contributed by atoms with van der Waals surface area (Å²) in [7, 11) is 0. The minimum atomic E-state index is 0.0822. The number of guanidine groups is 2. The van der Waals surface area contributed by atoms with Crippen molar-refractivity contribution in [3.05, 3.63) is 59.7 Å². The highest BCUT2D eigenvalue weighted by molar-refractivity contribution is 6.31. The van der Waals surface area contributed by atoms with Crippen LogP contribution in [0.15, 0.2) is 58.5 Å². The lowest BCUT2D eigenvalue weighted by molar-refractivity contribution is 0.186. The summed E-state index contributed by atoms with van der Waals surface area (Å²) in [5.74, 6) is 1.75. The molecule has 2 heterocycles.